The molecule has 0 aliphatic carbocycles. The highest BCUT2D eigenvalue weighted by atomic mass is 32.2. The number of hydrogen-bond acceptors (Lipinski definition) is 5. The molecular formula is C54H54F3N4O3S+. The van der Waals surface area contributed by atoms with Crippen molar-refractivity contribution in [1.29, 1.82) is 0 Å². The molecule has 7 aromatic carbocycles. The molecule has 0 bridgehead atoms. The summed E-state index contributed by atoms with van der Waals surface area (Å²) >= 11 is 0. The van der Waals surface area contributed by atoms with Gasteiger partial charge in [0.15, 0.2) is 10.0 Å². The fraction of sp³-hybridized carbons (Fsp3) is 0.222. The number of anilines is 6. The third-order valence-corrected chi connectivity index (χ3v) is 13.3. The number of fused-ring (bicyclic) bond motifs is 1. The maximum atomic E-state index is 13.5. The van der Waals surface area contributed by atoms with Gasteiger partial charge in [0.05, 0.1) is 44.6 Å². The lowest BCUT2D eigenvalue weighted by Gasteiger charge is -2.25. The molecule has 11 heteroatoms. The first-order chi connectivity index (χ1) is 30.5. The Morgan fingerprint density at radius 3 is 1.42 bits per heavy atom. The summed E-state index contributed by atoms with van der Waals surface area (Å²) in [6, 6.07) is 37.5. The maximum absolute atomic E-state index is 13.5. The Bertz CT molecular complexity index is 2940. The van der Waals surface area contributed by atoms with Gasteiger partial charge < -0.3 is 15.1 Å². The molecule has 334 valence electrons. The number of hydrogen-bond donors (Lipinski definition) is 2. The fourth-order valence-corrected chi connectivity index (χ4v) is 10.3. The number of carbonyl (C=O) groups is 1. The zero-order valence-corrected chi connectivity index (χ0v) is 39.4. The molecule has 65 heavy (non-hydrogen) atoms. The van der Waals surface area contributed by atoms with E-state index in [-0.39, 0.29) is 0 Å². The van der Waals surface area contributed by atoms with Crippen molar-refractivity contribution in [1.82, 2.24) is 0 Å². The number of rotatable bonds is 10. The monoisotopic (exact) mass is 895 g/mol. The van der Waals surface area contributed by atoms with Crippen LogP contribution in [0.15, 0.2) is 125 Å². The number of nitrogens with zero attached hydrogens (tertiary/aromatic N) is 3. The molecule has 0 radical (unpaired) electrons. The minimum absolute atomic E-state index is 0.440. The van der Waals surface area contributed by atoms with Gasteiger partial charge in [-0.15, -0.1) is 4.36 Å². The maximum Gasteiger partial charge on any atom is 0.474 e. The molecule has 0 spiro atoms. The number of amides is 1. The first-order valence-corrected chi connectivity index (χ1v) is 22.7. The van der Waals surface area contributed by atoms with E-state index in [0.29, 0.717) is 16.5 Å². The first-order valence-electron chi connectivity index (χ1n) is 21.3. The van der Waals surface area contributed by atoms with Crippen molar-refractivity contribution in [3.05, 3.63) is 188 Å². The molecule has 1 amide bonds. The zero-order valence-electron chi connectivity index (χ0n) is 38.6. The largest absolute Gasteiger partial charge is 0.474 e. The highest BCUT2D eigenvalue weighted by Gasteiger charge is 2.40. The molecule has 1 atom stereocenters. The van der Waals surface area contributed by atoms with E-state index in [0.717, 1.165) is 67.7 Å². The summed E-state index contributed by atoms with van der Waals surface area (Å²) < 4.78 is 67.2. The lowest BCUT2D eigenvalue weighted by molar-refractivity contribution is -0.169. The molecule has 7 aromatic rings. The Balaban J connectivity index is 1.43. The Morgan fingerprint density at radius 2 is 1.00 bits per heavy atom. The molecule has 2 N–H and O–H groups in total. The van der Waals surface area contributed by atoms with E-state index in [1.54, 1.807) is 6.07 Å². The molecule has 0 aromatic heterocycles. The normalized spacial score (nSPS) is 12.5. The van der Waals surface area contributed by atoms with Crippen molar-refractivity contribution >= 4 is 60.8 Å². The molecule has 1 unspecified atom stereocenters. The van der Waals surface area contributed by atoms with E-state index in [1.165, 1.54) is 45.5 Å². The van der Waals surface area contributed by atoms with E-state index in [2.05, 4.69) is 148 Å². The summed E-state index contributed by atoms with van der Waals surface area (Å²) in [6.45, 7) is 18.6. The van der Waals surface area contributed by atoms with Crippen LogP contribution < -0.4 is 15.1 Å². The summed E-state index contributed by atoms with van der Waals surface area (Å²) in [7, 11) is -0.701. The van der Waals surface area contributed by atoms with Crippen molar-refractivity contribution in [3.63, 3.8) is 0 Å². The predicted molar refractivity (Wildman–Crippen MR) is 261 cm³/mol. The highest BCUT2D eigenvalue weighted by Crippen LogP contribution is 2.42. The average molecular weight is 896 g/mol. The van der Waals surface area contributed by atoms with Crippen molar-refractivity contribution in [3.8, 4) is 0 Å². The van der Waals surface area contributed by atoms with Gasteiger partial charge in [-0.2, -0.15) is 13.2 Å². The topological polar surface area (TPSA) is 85.2 Å². The summed E-state index contributed by atoms with van der Waals surface area (Å²) in [5.41, 5.74) is 18.2. The minimum atomic E-state index is -5.42. The summed E-state index contributed by atoms with van der Waals surface area (Å²) in [4.78, 5) is 15.8. The molecule has 0 aliphatic heterocycles. The van der Waals surface area contributed by atoms with Crippen molar-refractivity contribution in [2.45, 2.75) is 73.4 Å². The van der Waals surface area contributed by atoms with Crippen LogP contribution in [0.1, 0.15) is 66.8 Å². The predicted octanol–water partition coefficient (Wildman–Crippen LogP) is 14.3. The van der Waals surface area contributed by atoms with Crippen LogP contribution in [-0.4, -0.2) is 34.9 Å². The van der Waals surface area contributed by atoms with Gasteiger partial charge in [-0.1, -0.05) is 53.1 Å². The first kappa shape index (κ1) is 46.4. The Hall–Kier alpha value is -6.56. The number of aryl methyl sites for hydroxylation is 9. The summed E-state index contributed by atoms with van der Waals surface area (Å²) in [5, 5.41) is 4.61. The number of alkyl halides is 3. The van der Waals surface area contributed by atoms with Crippen molar-refractivity contribution < 1.29 is 26.7 Å². The Kier molecular flexibility index (Phi) is 12.7. The Morgan fingerprint density at radius 1 is 0.585 bits per heavy atom. The smallest absolute Gasteiger partial charge is 0.354 e. The third-order valence-electron chi connectivity index (χ3n) is 12.0. The molecule has 7 nitrogen and oxygen atoms in total. The number of halogens is 3. The van der Waals surface area contributed by atoms with Crippen LogP contribution in [0.2, 0.25) is 0 Å². The molecular weight excluding hydrogens is 842 g/mol. The molecule has 0 aliphatic rings. The second kappa shape index (κ2) is 17.8. The van der Waals surface area contributed by atoms with Gasteiger partial charge in [-0.3, -0.25) is 9.35 Å². The van der Waals surface area contributed by atoms with E-state index in [4.69, 9.17) is 0 Å². The summed E-state index contributed by atoms with van der Waals surface area (Å²) in [6.07, 6.45) is -5.42. The highest BCUT2D eigenvalue weighted by molar-refractivity contribution is 7.88. The van der Waals surface area contributed by atoms with Gasteiger partial charge in [-0.05, 0) is 175 Å². The van der Waals surface area contributed by atoms with Crippen molar-refractivity contribution in [2.75, 3.05) is 29.2 Å². The van der Waals surface area contributed by atoms with Crippen LogP contribution in [0.4, 0.5) is 47.3 Å². The van der Waals surface area contributed by atoms with Gasteiger partial charge in [0, 0.05) is 41.9 Å². The van der Waals surface area contributed by atoms with E-state index in [1.807, 2.05) is 45.0 Å². The lowest BCUT2D eigenvalue weighted by Crippen LogP contribution is -2.22. The van der Waals surface area contributed by atoms with Crippen LogP contribution in [-0.2, 0) is 14.8 Å². The van der Waals surface area contributed by atoms with Crippen LogP contribution in [0, 0.1) is 68.2 Å². The van der Waals surface area contributed by atoms with Crippen molar-refractivity contribution in [2.24, 2.45) is 4.36 Å². The van der Waals surface area contributed by atoms with E-state index < -0.39 is 27.0 Å². The number of carbonyl (C=O) groups excluding carboxylic acids is 1. The van der Waals surface area contributed by atoms with Crippen LogP contribution >= 0.6 is 0 Å². The summed E-state index contributed by atoms with van der Waals surface area (Å²) in [5.74, 6) is -1.78. The van der Waals surface area contributed by atoms with Gasteiger partial charge in [0.25, 0.3) is 0 Å². The number of benzene rings is 7. The fourth-order valence-electron chi connectivity index (χ4n) is 9.39. The van der Waals surface area contributed by atoms with E-state index in [9.17, 15) is 26.7 Å². The quantitative estimate of drug-likeness (QED) is 0.105. The van der Waals surface area contributed by atoms with Gasteiger partial charge in [-0.25, -0.2) is 4.21 Å². The second-order valence-electron chi connectivity index (χ2n) is 17.2. The lowest BCUT2D eigenvalue weighted by atomic mass is 9.82. The SMILES string of the molecule is Cc1cc(C)c(Nc2ccc([C+](c3ccc(N(C)c4c(C)cc(C)cc4C)cc3)c3ccc(N(C)c4c(C)cc(C)cc4C)cc3)c3ccc(S(=O)(O)=NC(=O)C(F)(F)F)cc23)c(C)c1. The molecule has 0 heterocycles. The zero-order chi connectivity index (χ0) is 47.3. The van der Waals surface area contributed by atoms with Crippen LogP contribution in [0.5, 0.6) is 0 Å². The van der Waals surface area contributed by atoms with Gasteiger partial charge >= 0.3 is 12.1 Å². The van der Waals surface area contributed by atoms with Crippen LogP contribution in [0.25, 0.3) is 10.8 Å². The third kappa shape index (κ3) is 9.48. The minimum Gasteiger partial charge on any atom is -0.354 e. The molecule has 0 saturated carbocycles. The number of nitrogens with one attached hydrogen (secondary N) is 1. The second-order valence-corrected chi connectivity index (χ2v) is 18.9. The van der Waals surface area contributed by atoms with Crippen LogP contribution in [0.3, 0.4) is 0 Å². The standard InChI is InChI=1S/C54H53F3N4O3S/c1-31-24-34(4)50(35(5)25-31)58-48-23-22-46(45-21-20-44(30-47(45)48)65(63,64)59-53(62)54(55,56)57)49(40-12-16-42(17-13-40)60(10)51-36(6)26-32(2)27-37(51)7)41-14-18-43(19-15-41)61(11)52-38(8)28-33(3)29-39(52)9/h12-30H,1-11H3,(H-,58,59,62,63,64)/p+1. The molecule has 0 saturated heterocycles. The van der Waals surface area contributed by atoms with E-state index >= 15 is 0 Å². The Labute approximate surface area is 381 Å². The average Bonchev–Trinajstić information content (AvgIpc) is 3.21. The van der Waals surface area contributed by atoms with Gasteiger partial charge in [0.1, 0.15) is 0 Å². The van der Waals surface area contributed by atoms with Gasteiger partial charge in [0.2, 0.25) is 0 Å². The molecule has 7 rings (SSSR count). The molecule has 0 fully saturated rings.